The predicted octanol–water partition coefficient (Wildman–Crippen LogP) is 5.30. The Bertz CT molecular complexity index is 1000. The van der Waals surface area contributed by atoms with E-state index >= 15 is 0 Å². The number of rotatable bonds is 8. The van der Waals surface area contributed by atoms with Crippen molar-refractivity contribution in [2.45, 2.75) is 89.3 Å². The molecule has 222 valence electrons. The van der Waals surface area contributed by atoms with E-state index in [4.69, 9.17) is 14.0 Å². The van der Waals surface area contributed by atoms with Crippen molar-refractivity contribution < 1.29 is 58.4 Å². The van der Waals surface area contributed by atoms with E-state index in [1.165, 1.54) is 12.4 Å². The molecule has 7 nitrogen and oxygen atoms in total. The van der Waals surface area contributed by atoms with Crippen LogP contribution in [0.25, 0.3) is 0 Å². The SMILES string of the molecule is CCN(C(=O)NC(CCC(F)(F)F)C(F)(F)F)[C@@H](c1cc(B2OC(C)(C)C(C)(C)O2)c(OC)cn1)C(F)(F)F. The van der Waals surface area contributed by atoms with Gasteiger partial charge in [-0.15, -0.1) is 0 Å². The molecule has 1 unspecified atom stereocenters. The third-order valence-electron chi connectivity index (χ3n) is 6.56. The molecule has 0 aromatic carbocycles. The van der Waals surface area contributed by atoms with Crippen LogP contribution in [0.4, 0.5) is 44.3 Å². The number of ether oxygens (including phenoxy) is 1. The summed E-state index contributed by atoms with van der Waals surface area (Å²) in [5.74, 6) is -0.0186. The van der Waals surface area contributed by atoms with Gasteiger partial charge in [-0.3, -0.25) is 4.98 Å². The highest BCUT2D eigenvalue weighted by Gasteiger charge is 2.54. The zero-order chi connectivity index (χ0) is 30.2. The zero-order valence-corrected chi connectivity index (χ0v) is 21.9. The maximum absolute atomic E-state index is 14.3. The number of urea groups is 1. The molecule has 0 saturated carbocycles. The minimum Gasteiger partial charge on any atom is -0.496 e. The van der Waals surface area contributed by atoms with Crippen LogP contribution < -0.4 is 15.5 Å². The van der Waals surface area contributed by atoms with E-state index < -0.39 is 80.0 Å². The number of methoxy groups -OCH3 is 1. The molecule has 1 aromatic heterocycles. The molecule has 0 radical (unpaired) electrons. The lowest BCUT2D eigenvalue weighted by Crippen LogP contribution is -2.54. The molecule has 2 amide bonds. The molecule has 2 atom stereocenters. The summed E-state index contributed by atoms with van der Waals surface area (Å²) in [6.45, 7) is 7.07. The standard InChI is InChI=1S/C22H29BF9N3O4/c1-7-35(17(36)34-15(21(27,28)29)8-9-20(24,25)26)16(22(30,31)32)13-10-12(14(37-6)11-33-13)23-38-18(2,3)19(4,5)39-23/h10-11,15-16H,7-9H2,1-6H3,(H,34,36)/t15?,16-/m0/s1. The normalized spacial score (nSPS) is 19.0. The predicted molar refractivity (Wildman–Crippen MR) is 121 cm³/mol. The molecule has 39 heavy (non-hydrogen) atoms. The summed E-state index contributed by atoms with van der Waals surface area (Å²) in [5, 5.41) is 1.28. The summed E-state index contributed by atoms with van der Waals surface area (Å²) in [6.07, 6.45) is -18.2. The molecule has 1 aliphatic rings. The minimum absolute atomic E-state index is 0.00908. The van der Waals surface area contributed by atoms with Gasteiger partial charge in [-0.1, -0.05) is 0 Å². The highest BCUT2D eigenvalue weighted by Crippen LogP contribution is 2.40. The molecule has 2 heterocycles. The lowest BCUT2D eigenvalue weighted by atomic mass is 9.78. The van der Waals surface area contributed by atoms with Gasteiger partial charge in [-0.05, 0) is 47.1 Å². The van der Waals surface area contributed by atoms with Crippen LogP contribution in [0.15, 0.2) is 12.3 Å². The first kappa shape index (κ1) is 32.8. The molecule has 2 rings (SSSR count). The summed E-state index contributed by atoms with van der Waals surface area (Å²) in [6, 6.07) is -6.89. The van der Waals surface area contributed by atoms with Gasteiger partial charge in [0.15, 0.2) is 6.04 Å². The quantitative estimate of drug-likeness (QED) is 0.334. The maximum atomic E-state index is 14.3. The monoisotopic (exact) mass is 581 g/mol. The second-order valence-electron chi connectivity index (χ2n) is 9.87. The van der Waals surface area contributed by atoms with Crippen molar-refractivity contribution in [3.05, 3.63) is 18.0 Å². The summed E-state index contributed by atoms with van der Waals surface area (Å²) < 4.78 is 137. The highest BCUT2D eigenvalue weighted by molar-refractivity contribution is 6.63. The van der Waals surface area contributed by atoms with Gasteiger partial charge in [0, 0.05) is 18.4 Å². The van der Waals surface area contributed by atoms with Crippen LogP contribution in [0.2, 0.25) is 0 Å². The van der Waals surface area contributed by atoms with Crippen molar-refractivity contribution in [1.29, 1.82) is 0 Å². The van der Waals surface area contributed by atoms with Crippen LogP contribution in [0.1, 0.15) is 59.2 Å². The van der Waals surface area contributed by atoms with Gasteiger partial charge in [0.05, 0.1) is 30.2 Å². The molecule has 1 aliphatic heterocycles. The number of hydrogen-bond donors (Lipinski definition) is 1. The number of carbonyl (C=O) groups is 1. The van der Waals surface area contributed by atoms with Crippen molar-refractivity contribution in [3.63, 3.8) is 0 Å². The van der Waals surface area contributed by atoms with Crippen molar-refractivity contribution in [3.8, 4) is 5.75 Å². The topological polar surface area (TPSA) is 72.9 Å². The van der Waals surface area contributed by atoms with Gasteiger partial charge in [0.1, 0.15) is 11.8 Å². The van der Waals surface area contributed by atoms with Crippen LogP contribution in [0.5, 0.6) is 5.75 Å². The first-order valence-electron chi connectivity index (χ1n) is 11.7. The lowest BCUT2D eigenvalue weighted by Gasteiger charge is -2.34. The Kier molecular flexibility index (Phi) is 9.43. The molecule has 1 saturated heterocycles. The Labute approximate surface area is 219 Å². The first-order valence-corrected chi connectivity index (χ1v) is 11.7. The smallest absolute Gasteiger partial charge is 0.496 e. The third kappa shape index (κ3) is 7.83. The number of hydrogen-bond acceptors (Lipinski definition) is 5. The lowest BCUT2D eigenvalue weighted by molar-refractivity contribution is -0.182. The molecule has 1 N–H and O–H groups in total. The van der Waals surface area contributed by atoms with Gasteiger partial charge in [-0.2, -0.15) is 39.5 Å². The average molecular weight is 581 g/mol. The van der Waals surface area contributed by atoms with E-state index in [1.807, 2.05) is 0 Å². The first-order chi connectivity index (χ1) is 17.5. The number of nitrogens with zero attached hydrogens (tertiary/aromatic N) is 2. The second kappa shape index (κ2) is 11.2. The van der Waals surface area contributed by atoms with Crippen molar-refractivity contribution in [1.82, 2.24) is 15.2 Å². The number of aromatic nitrogens is 1. The molecule has 17 heteroatoms. The van der Waals surface area contributed by atoms with Crippen LogP contribution in [-0.2, 0) is 9.31 Å². The van der Waals surface area contributed by atoms with Crippen molar-refractivity contribution in [2.24, 2.45) is 0 Å². The Balaban J connectivity index is 2.49. The summed E-state index contributed by atoms with van der Waals surface area (Å²) in [4.78, 5) is 16.4. The summed E-state index contributed by atoms with van der Waals surface area (Å²) in [5.41, 5.74) is -2.61. The van der Waals surface area contributed by atoms with E-state index in [1.54, 1.807) is 27.7 Å². The van der Waals surface area contributed by atoms with Crippen molar-refractivity contribution >= 4 is 18.6 Å². The van der Waals surface area contributed by atoms with E-state index in [9.17, 15) is 44.3 Å². The van der Waals surface area contributed by atoms with Gasteiger partial charge in [-0.25, -0.2) is 4.79 Å². The van der Waals surface area contributed by atoms with Gasteiger partial charge in [0.2, 0.25) is 0 Å². The number of halogens is 9. The number of alkyl halides is 9. The van der Waals surface area contributed by atoms with E-state index in [0.29, 0.717) is 0 Å². The van der Waals surface area contributed by atoms with Crippen LogP contribution in [0, 0.1) is 0 Å². The second-order valence-corrected chi connectivity index (χ2v) is 9.87. The Morgan fingerprint density at radius 3 is 2.00 bits per heavy atom. The number of carbonyl (C=O) groups excluding carboxylic acids is 1. The van der Waals surface area contributed by atoms with Gasteiger partial charge < -0.3 is 24.3 Å². The van der Waals surface area contributed by atoms with Crippen LogP contribution >= 0.6 is 0 Å². The molecular weight excluding hydrogens is 552 g/mol. The number of pyridine rings is 1. The fourth-order valence-corrected chi connectivity index (χ4v) is 3.75. The van der Waals surface area contributed by atoms with Crippen molar-refractivity contribution in [2.75, 3.05) is 13.7 Å². The van der Waals surface area contributed by atoms with Crippen LogP contribution in [-0.4, -0.2) is 72.5 Å². The third-order valence-corrected chi connectivity index (χ3v) is 6.56. The Hall–Kier alpha value is -2.43. The zero-order valence-electron chi connectivity index (χ0n) is 21.9. The number of amides is 2. The summed E-state index contributed by atoms with van der Waals surface area (Å²) >= 11 is 0. The molecule has 1 fully saturated rings. The average Bonchev–Trinajstić information content (AvgIpc) is 2.98. The molecule has 0 aliphatic carbocycles. The molecule has 1 aromatic rings. The molecule has 0 bridgehead atoms. The fourth-order valence-electron chi connectivity index (χ4n) is 3.75. The highest BCUT2D eigenvalue weighted by atomic mass is 19.4. The van der Waals surface area contributed by atoms with Gasteiger partial charge in [0.25, 0.3) is 0 Å². The maximum Gasteiger partial charge on any atom is 0.498 e. The Morgan fingerprint density at radius 1 is 1.05 bits per heavy atom. The fraction of sp³-hybridized carbons (Fsp3) is 0.727. The van der Waals surface area contributed by atoms with Crippen LogP contribution in [0.3, 0.4) is 0 Å². The van der Waals surface area contributed by atoms with Gasteiger partial charge >= 0.3 is 31.7 Å². The minimum atomic E-state index is -5.35. The summed E-state index contributed by atoms with van der Waals surface area (Å²) in [7, 11) is -0.00193. The van der Waals surface area contributed by atoms with E-state index in [0.717, 1.165) is 19.2 Å². The largest absolute Gasteiger partial charge is 0.498 e. The Morgan fingerprint density at radius 2 is 1.59 bits per heavy atom. The number of nitrogens with one attached hydrogen (secondary N) is 1. The van der Waals surface area contributed by atoms with E-state index in [2.05, 4.69) is 4.98 Å². The van der Waals surface area contributed by atoms with E-state index in [-0.39, 0.29) is 16.1 Å². The molecular formula is C22H29BF9N3O4. The molecule has 0 spiro atoms.